The summed E-state index contributed by atoms with van der Waals surface area (Å²) in [7, 11) is 0. The predicted octanol–water partition coefficient (Wildman–Crippen LogP) is 1.33. The van der Waals surface area contributed by atoms with Crippen molar-refractivity contribution in [2.24, 2.45) is 0 Å². The van der Waals surface area contributed by atoms with E-state index in [1.807, 2.05) is 0 Å². The lowest BCUT2D eigenvalue weighted by molar-refractivity contribution is -0.384. The number of rotatable bonds is 2. The van der Waals surface area contributed by atoms with E-state index >= 15 is 0 Å². The Morgan fingerprint density at radius 2 is 2.12 bits per heavy atom. The number of non-ortho nitro benzene ring substituents is 1. The number of nitrogens with zero attached hydrogens (tertiary/aromatic N) is 1. The molecule has 88 valence electrons. The van der Waals surface area contributed by atoms with E-state index in [0.29, 0.717) is 5.56 Å². The SMILES string of the molecule is CC1(c2cccc([N+](=O)[O-])c2)CC(=O)OC1=O. The number of carbonyl (C=O) groups excluding carboxylic acids is 2. The van der Waals surface area contributed by atoms with Gasteiger partial charge in [0.05, 0.1) is 11.3 Å². The van der Waals surface area contributed by atoms with E-state index < -0.39 is 22.3 Å². The van der Waals surface area contributed by atoms with Crippen molar-refractivity contribution in [1.29, 1.82) is 0 Å². The van der Waals surface area contributed by atoms with E-state index in [0.717, 1.165) is 0 Å². The zero-order chi connectivity index (χ0) is 12.6. The molecule has 1 aliphatic rings. The molecule has 1 aliphatic heterocycles. The number of hydrogen-bond donors (Lipinski definition) is 0. The first-order valence-electron chi connectivity index (χ1n) is 4.93. The van der Waals surface area contributed by atoms with Gasteiger partial charge in [0, 0.05) is 12.1 Å². The first kappa shape index (κ1) is 11.3. The summed E-state index contributed by atoms with van der Waals surface area (Å²) in [6.45, 7) is 1.54. The minimum atomic E-state index is -1.12. The van der Waals surface area contributed by atoms with Gasteiger partial charge in [-0.2, -0.15) is 0 Å². The van der Waals surface area contributed by atoms with Gasteiger partial charge >= 0.3 is 11.9 Å². The van der Waals surface area contributed by atoms with Crippen LogP contribution in [-0.4, -0.2) is 16.9 Å². The first-order chi connectivity index (χ1) is 7.93. The average molecular weight is 235 g/mol. The second-order valence-electron chi connectivity index (χ2n) is 4.08. The average Bonchev–Trinajstić information content (AvgIpc) is 2.54. The van der Waals surface area contributed by atoms with Crippen molar-refractivity contribution in [2.45, 2.75) is 18.8 Å². The van der Waals surface area contributed by atoms with Gasteiger partial charge in [-0.1, -0.05) is 12.1 Å². The van der Waals surface area contributed by atoms with Gasteiger partial charge in [0.25, 0.3) is 5.69 Å². The molecule has 6 nitrogen and oxygen atoms in total. The molecule has 0 N–H and O–H groups in total. The molecule has 0 saturated carbocycles. The summed E-state index contributed by atoms with van der Waals surface area (Å²) < 4.78 is 4.48. The van der Waals surface area contributed by atoms with Crippen LogP contribution in [0.4, 0.5) is 5.69 Å². The van der Waals surface area contributed by atoms with E-state index in [2.05, 4.69) is 4.74 Å². The molecule has 1 aromatic carbocycles. The summed E-state index contributed by atoms with van der Waals surface area (Å²) in [5.41, 5.74) is -0.818. The van der Waals surface area contributed by atoms with Crippen LogP contribution < -0.4 is 0 Å². The second-order valence-corrected chi connectivity index (χ2v) is 4.08. The monoisotopic (exact) mass is 235 g/mol. The zero-order valence-corrected chi connectivity index (χ0v) is 9.00. The molecule has 0 aliphatic carbocycles. The topological polar surface area (TPSA) is 86.5 Å². The van der Waals surface area contributed by atoms with E-state index in [1.54, 1.807) is 13.0 Å². The second kappa shape index (κ2) is 3.65. The molecule has 0 amide bonds. The zero-order valence-electron chi connectivity index (χ0n) is 9.00. The van der Waals surface area contributed by atoms with Crippen molar-refractivity contribution in [3.05, 3.63) is 39.9 Å². The lowest BCUT2D eigenvalue weighted by Gasteiger charge is -2.17. The molecule has 1 aromatic rings. The molecule has 0 radical (unpaired) electrons. The van der Waals surface area contributed by atoms with Gasteiger partial charge in [0.1, 0.15) is 5.41 Å². The lowest BCUT2D eigenvalue weighted by Crippen LogP contribution is -2.27. The van der Waals surface area contributed by atoms with Crippen molar-refractivity contribution in [1.82, 2.24) is 0 Å². The number of esters is 2. The molecule has 1 unspecified atom stereocenters. The van der Waals surface area contributed by atoms with Gasteiger partial charge < -0.3 is 4.74 Å². The predicted molar refractivity (Wildman–Crippen MR) is 56.2 cm³/mol. The van der Waals surface area contributed by atoms with Crippen LogP contribution in [0, 0.1) is 10.1 Å². The first-order valence-corrected chi connectivity index (χ1v) is 4.93. The summed E-state index contributed by atoms with van der Waals surface area (Å²) >= 11 is 0. The highest BCUT2D eigenvalue weighted by Gasteiger charge is 2.47. The molecule has 1 atom stereocenters. The summed E-state index contributed by atoms with van der Waals surface area (Å²) in [4.78, 5) is 32.8. The van der Waals surface area contributed by atoms with Gasteiger partial charge in [-0.15, -0.1) is 0 Å². The molecule has 1 heterocycles. The molecule has 17 heavy (non-hydrogen) atoms. The van der Waals surface area contributed by atoms with Crippen molar-refractivity contribution in [2.75, 3.05) is 0 Å². The molecular weight excluding hydrogens is 226 g/mol. The summed E-state index contributed by atoms with van der Waals surface area (Å²) in [5.74, 6) is -1.27. The lowest BCUT2D eigenvalue weighted by atomic mass is 9.81. The van der Waals surface area contributed by atoms with Crippen LogP contribution in [-0.2, 0) is 19.7 Å². The van der Waals surface area contributed by atoms with E-state index in [4.69, 9.17) is 0 Å². The fourth-order valence-electron chi connectivity index (χ4n) is 1.80. The van der Waals surface area contributed by atoms with Crippen molar-refractivity contribution < 1.29 is 19.2 Å². The van der Waals surface area contributed by atoms with Crippen LogP contribution in [0.1, 0.15) is 18.9 Å². The van der Waals surface area contributed by atoms with E-state index in [9.17, 15) is 19.7 Å². The van der Waals surface area contributed by atoms with Gasteiger partial charge in [0.2, 0.25) is 0 Å². The third-order valence-electron chi connectivity index (χ3n) is 2.85. The van der Waals surface area contributed by atoms with Crippen LogP contribution in [0.25, 0.3) is 0 Å². The van der Waals surface area contributed by atoms with Crippen molar-refractivity contribution >= 4 is 17.6 Å². The fraction of sp³-hybridized carbons (Fsp3) is 0.273. The molecule has 2 rings (SSSR count). The maximum Gasteiger partial charge on any atom is 0.324 e. The smallest absolute Gasteiger partial charge is 0.324 e. The van der Waals surface area contributed by atoms with Crippen LogP contribution >= 0.6 is 0 Å². The highest BCUT2D eigenvalue weighted by atomic mass is 16.6. The van der Waals surface area contributed by atoms with E-state index in [-0.39, 0.29) is 12.1 Å². The van der Waals surface area contributed by atoms with Gasteiger partial charge in [-0.3, -0.25) is 19.7 Å². The Labute approximate surface area is 96.3 Å². The van der Waals surface area contributed by atoms with Gasteiger partial charge in [-0.25, -0.2) is 0 Å². The maximum atomic E-state index is 11.6. The number of ether oxygens (including phenoxy) is 1. The standard InChI is InChI=1S/C11H9NO5/c1-11(6-9(13)17-10(11)14)7-3-2-4-8(5-7)12(15)16/h2-5H,6H2,1H3. The Kier molecular flexibility index (Phi) is 2.42. The van der Waals surface area contributed by atoms with Crippen LogP contribution in [0.2, 0.25) is 0 Å². The Morgan fingerprint density at radius 3 is 2.65 bits per heavy atom. The Morgan fingerprint density at radius 1 is 1.41 bits per heavy atom. The summed E-state index contributed by atoms with van der Waals surface area (Å²) in [6, 6.07) is 5.68. The highest BCUT2D eigenvalue weighted by Crippen LogP contribution is 2.35. The number of hydrogen-bond acceptors (Lipinski definition) is 5. The Bertz CT molecular complexity index is 524. The van der Waals surface area contributed by atoms with Crippen LogP contribution in [0.3, 0.4) is 0 Å². The number of benzene rings is 1. The molecule has 0 bridgehead atoms. The Hall–Kier alpha value is -2.24. The third kappa shape index (κ3) is 1.77. The van der Waals surface area contributed by atoms with Crippen LogP contribution in [0.15, 0.2) is 24.3 Å². The van der Waals surface area contributed by atoms with Gasteiger partial charge in [0.15, 0.2) is 0 Å². The normalized spacial score (nSPS) is 23.6. The molecule has 6 heteroatoms. The molecule has 1 saturated heterocycles. The number of cyclic esters (lactones) is 2. The Balaban J connectivity index is 2.47. The molecule has 0 spiro atoms. The van der Waals surface area contributed by atoms with Crippen molar-refractivity contribution in [3.63, 3.8) is 0 Å². The number of nitro groups is 1. The van der Waals surface area contributed by atoms with Gasteiger partial charge in [-0.05, 0) is 12.5 Å². The third-order valence-corrected chi connectivity index (χ3v) is 2.85. The molecule has 1 fully saturated rings. The van der Waals surface area contributed by atoms with E-state index in [1.165, 1.54) is 18.2 Å². The largest absolute Gasteiger partial charge is 0.392 e. The number of carbonyl (C=O) groups is 2. The quantitative estimate of drug-likeness (QED) is 0.334. The number of nitro benzene ring substituents is 1. The highest BCUT2D eigenvalue weighted by molar-refractivity contribution is 6.00. The minimum Gasteiger partial charge on any atom is -0.392 e. The summed E-state index contributed by atoms with van der Waals surface area (Å²) in [6.07, 6.45) is -0.0903. The minimum absolute atomic E-state index is 0.0903. The van der Waals surface area contributed by atoms with Crippen LogP contribution in [0.5, 0.6) is 0 Å². The fourth-order valence-corrected chi connectivity index (χ4v) is 1.80. The van der Waals surface area contributed by atoms with Crippen molar-refractivity contribution in [3.8, 4) is 0 Å². The summed E-state index contributed by atoms with van der Waals surface area (Å²) in [5, 5.41) is 10.6. The molecule has 0 aromatic heterocycles. The maximum absolute atomic E-state index is 11.6. The molecular formula is C11H9NO5.